The molecule has 28 heavy (non-hydrogen) atoms. The van der Waals surface area contributed by atoms with Gasteiger partial charge in [0.25, 0.3) is 5.91 Å². The third kappa shape index (κ3) is 4.54. The first kappa shape index (κ1) is 19.9. The van der Waals surface area contributed by atoms with Crippen LogP contribution in [0, 0.1) is 11.6 Å². The summed E-state index contributed by atoms with van der Waals surface area (Å²) in [7, 11) is 0. The van der Waals surface area contributed by atoms with E-state index < -0.39 is 5.82 Å². The highest BCUT2D eigenvalue weighted by Crippen LogP contribution is 2.29. The lowest BCUT2D eigenvalue weighted by Gasteiger charge is -2.16. The third-order valence-corrected chi connectivity index (χ3v) is 5.12. The molecule has 1 amide bonds. The first-order valence-corrected chi connectivity index (χ1v) is 9.81. The zero-order valence-corrected chi connectivity index (χ0v) is 16.4. The van der Waals surface area contributed by atoms with Gasteiger partial charge in [-0.25, -0.2) is 13.8 Å². The Morgan fingerprint density at radius 1 is 1.14 bits per heavy atom. The van der Waals surface area contributed by atoms with Crippen LogP contribution in [0.25, 0.3) is 10.6 Å². The standard InChI is InChI=1S/C21H20F2N2O2S/c1-3-25(4-2)21(26)19-13-28-20(24-19)17-9-8-16(11-18(17)23)27-12-14-6-5-7-15(22)10-14/h5-11,13H,3-4,12H2,1-2H3. The molecule has 7 heteroatoms. The minimum atomic E-state index is -0.493. The number of rotatable bonds is 7. The molecular weight excluding hydrogens is 382 g/mol. The Morgan fingerprint density at radius 2 is 1.93 bits per heavy atom. The summed E-state index contributed by atoms with van der Waals surface area (Å²) < 4.78 is 33.3. The van der Waals surface area contributed by atoms with Crippen molar-refractivity contribution in [3.8, 4) is 16.3 Å². The van der Waals surface area contributed by atoms with Crippen LogP contribution in [0.5, 0.6) is 5.75 Å². The van der Waals surface area contributed by atoms with Crippen LogP contribution in [0.4, 0.5) is 8.78 Å². The number of halogens is 2. The van der Waals surface area contributed by atoms with Gasteiger partial charge < -0.3 is 9.64 Å². The number of nitrogens with zero attached hydrogens (tertiary/aromatic N) is 2. The second kappa shape index (κ2) is 8.93. The maximum absolute atomic E-state index is 14.6. The fourth-order valence-electron chi connectivity index (χ4n) is 2.72. The van der Waals surface area contributed by atoms with Gasteiger partial charge in [-0.15, -0.1) is 11.3 Å². The average Bonchev–Trinajstić information content (AvgIpc) is 3.17. The van der Waals surface area contributed by atoms with E-state index in [0.29, 0.717) is 40.7 Å². The smallest absolute Gasteiger partial charge is 0.273 e. The molecule has 1 aromatic heterocycles. The van der Waals surface area contributed by atoms with E-state index in [1.54, 1.807) is 34.5 Å². The number of carbonyl (C=O) groups is 1. The van der Waals surface area contributed by atoms with E-state index >= 15 is 0 Å². The van der Waals surface area contributed by atoms with E-state index in [1.165, 1.54) is 29.5 Å². The highest BCUT2D eigenvalue weighted by molar-refractivity contribution is 7.13. The summed E-state index contributed by atoms with van der Waals surface area (Å²) in [6.07, 6.45) is 0. The van der Waals surface area contributed by atoms with Crippen molar-refractivity contribution < 1.29 is 18.3 Å². The van der Waals surface area contributed by atoms with Crippen molar-refractivity contribution in [1.29, 1.82) is 0 Å². The van der Waals surface area contributed by atoms with E-state index in [9.17, 15) is 13.6 Å². The SMILES string of the molecule is CCN(CC)C(=O)c1csc(-c2ccc(OCc3cccc(F)c3)cc2F)n1. The molecule has 0 aliphatic heterocycles. The summed E-state index contributed by atoms with van der Waals surface area (Å²) >= 11 is 1.22. The van der Waals surface area contributed by atoms with Gasteiger partial charge in [0.15, 0.2) is 0 Å². The van der Waals surface area contributed by atoms with Gasteiger partial charge in [-0.05, 0) is 43.7 Å². The quantitative estimate of drug-likeness (QED) is 0.549. The van der Waals surface area contributed by atoms with Crippen LogP contribution in [0.3, 0.4) is 0 Å². The fourth-order valence-corrected chi connectivity index (χ4v) is 3.54. The van der Waals surface area contributed by atoms with Crippen LogP contribution in [0.2, 0.25) is 0 Å². The van der Waals surface area contributed by atoms with Crippen LogP contribution >= 0.6 is 11.3 Å². The third-order valence-electron chi connectivity index (χ3n) is 4.24. The van der Waals surface area contributed by atoms with Gasteiger partial charge in [-0.3, -0.25) is 4.79 Å². The Kier molecular flexibility index (Phi) is 6.36. The second-order valence-corrected chi connectivity index (χ2v) is 6.93. The van der Waals surface area contributed by atoms with Crippen LogP contribution in [0.1, 0.15) is 29.9 Å². The molecule has 0 fully saturated rings. The maximum atomic E-state index is 14.6. The number of hydrogen-bond donors (Lipinski definition) is 0. The fraction of sp³-hybridized carbons (Fsp3) is 0.238. The summed E-state index contributed by atoms with van der Waals surface area (Å²) in [4.78, 5) is 18.3. The number of ether oxygens (including phenoxy) is 1. The molecule has 0 saturated carbocycles. The van der Waals surface area contributed by atoms with E-state index in [-0.39, 0.29) is 18.3 Å². The van der Waals surface area contributed by atoms with Crippen LogP contribution in [0.15, 0.2) is 47.8 Å². The number of benzene rings is 2. The molecule has 4 nitrogen and oxygen atoms in total. The van der Waals surface area contributed by atoms with Crippen molar-refractivity contribution >= 4 is 17.2 Å². The van der Waals surface area contributed by atoms with Gasteiger partial charge >= 0.3 is 0 Å². The number of thiazole rings is 1. The van der Waals surface area contributed by atoms with Gasteiger partial charge in [0.05, 0.1) is 0 Å². The molecule has 146 valence electrons. The summed E-state index contributed by atoms with van der Waals surface area (Å²) in [5.74, 6) is -0.668. The molecule has 0 radical (unpaired) electrons. The van der Waals surface area contributed by atoms with Gasteiger partial charge in [0.1, 0.15) is 34.7 Å². The Balaban J connectivity index is 1.73. The molecule has 2 aromatic carbocycles. The lowest BCUT2D eigenvalue weighted by molar-refractivity contribution is 0.0768. The Morgan fingerprint density at radius 3 is 2.61 bits per heavy atom. The number of aromatic nitrogens is 1. The molecule has 3 rings (SSSR count). The highest BCUT2D eigenvalue weighted by atomic mass is 32.1. The normalized spacial score (nSPS) is 10.7. The zero-order valence-electron chi connectivity index (χ0n) is 15.6. The van der Waals surface area contributed by atoms with E-state index in [4.69, 9.17) is 4.74 Å². The van der Waals surface area contributed by atoms with Crippen molar-refractivity contribution in [3.05, 3.63) is 70.7 Å². The molecule has 0 saturated heterocycles. The van der Waals surface area contributed by atoms with E-state index in [0.717, 1.165) is 0 Å². The molecule has 0 bridgehead atoms. The van der Waals surface area contributed by atoms with Crippen molar-refractivity contribution in [1.82, 2.24) is 9.88 Å². The average molecular weight is 402 g/mol. The van der Waals surface area contributed by atoms with Crippen molar-refractivity contribution in [2.75, 3.05) is 13.1 Å². The summed E-state index contributed by atoms with van der Waals surface area (Å²) in [6.45, 7) is 5.12. The molecule has 0 aliphatic carbocycles. The summed E-state index contributed by atoms with van der Waals surface area (Å²) in [5.41, 5.74) is 1.28. The predicted octanol–water partition coefficient (Wildman–Crippen LogP) is 5.15. The highest BCUT2D eigenvalue weighted by Gasteiger charge is 2.18. The van der Waals surface area contributed by atoms with Crippen molar-refractivity contribution in [3.63, 3.8) is 0 Å². The second-order valence-electron chi connectivity index (χ2n) is 6.08. The number of amides is 1. The summed E-state index contributed by atoms with van der Waals surface area (Å²) in [5, 5.41) is 2.08. The van der Waals surface area contributed by atoms with Crippen molar-refractivity contribution in [2.24, 2.45) is 0 Å². The van der Waals surface area contributed by atoms with E-state index in [1.807, 2.05) is 13.8 Å². The lowest BCUT2D eigenvalue weighted by Crippen LogP contribution is -2.30. The maximum Gasteiger partial charge on any atom is 0.273 e. The van der Waals surface area contributed by atoms with Crippen molar-refractivity contribution in [2.45, 2.75) is 20.5 Å². The Labute approximate surface area is 166 Å². The largest absolute Gasteiger partial charge is 0.489 e. The number of carbonyl (C=O) groups excluding carboxylic acids is 1. The molecule has 0 aliphatic rings. The minimum absolute atomic E-state index is 0.135. The molecule has 0 spiro atoms. The molecular formula is C21H20F2N2O2S. The molecule has 0 atom stereocenters. The number of hydrogen-bond acceptors (Lipinski definition) is 4. The van der Waals surface area contributed by atoms with Gasteiger partial charge in [0, 0.05) is 30.1 Å². The van der Waals surface area contributed by atoms with E-state index in [2.05, 4.69) is 4.98 Å². The Bertz CT molecular complexity index is 971. The van der Waals surface area contributed by atoms with Crippen LogP contribution in [-0.4, -0.2) is 28.9 Å². The topological polar surface area (TPSA) is 42.4 Å². The molecule has 1 heterocycles. The van der Waals surface area contributed by atoms with Crippen LogP contribution in [-0.2, 0) is 6.61 Å². The lowest BCUT2D eigenvalue weighted by atomic mass is 10.2. The first-order chi connectivity index (χ1) is 13.5. The Hall–Kier alpha value is -2.80. The predicted molar refractivity (Wildman–Crippen MR) is 105 cm³/mol. The monoisotopic (exact) mass is 402 g/mol. The van der Waals surface area contributed by atoms with Gasteiger partial charge in [0.2, 0.25) is 0 Å². The van der Waals surface area contributed by atoms with Gasteiger partial charge in [-0.2, -0.15) is 0 Å². The molecule has 0 unspecified atom stereocenters. The summed E-state index contributed by atoms with van der Waals surface area (Å²) in [6, 6.07) is 10.5. The molecule has 0 N–H and O–H groups in total. The minimum Gasteiger partial charge on any atom is -0.489 e. The van der Waals surface area contributed by atoms with Gasteiger partial charge in [-0.1, -0.05) is 12.1 Å². The molecule has 3 aromatic rings. The van der Waals surface area contributed by atoms with Crippen LogP contribution < -0.4 is 4.74 Å². The first-order valence-electron chi connectivity index (χ1n) is 8.93. The zero-order chi connectivity index (χ0) is 20.1.